The second-order valence-corrected chi connectivity index (χ2v) is 8.28. The van der Waals surface area contributed by atoms with Gasteiger partial charge < -0.3 is 10.1 Å². The van der Waals surface area contributed by atoms with E-state index in [1.54, 1.807) is 12.4 Å². The molecule has 3 aromatic rings. The Kier molecular flexibility index (Phi) is 8.39. The number of benzene rings is 2. The van der Waals surface area contributed by atoms with Crippen molar-refractivity contribution in [3.05, 3.63) is 89.7 Å². The normalized spacial score (nSPS) is 14.4. The number of hydrogen-bond donors (Lipinski definition) is 1. The molecule has 0 aliphatic carbocycles. The van der Waals surface area contributed by atoms with Crippen molar-refractivity contribution < 1.29 is 9.53 Å². The van der Waals surface area contributed by atoms with Crippen LogP contribution in [0, 0.1) is 0 Å². The van der Waals surface area contributed by atoms with Crippen molar-refractivity contribution in [1.82, 2.24) is 9.88 Å². The van der Waals surface area contributed by atoms with E-state index >= 15 is 0 Å². The van der Waals surface area contributed by atoms with Gasteiger partial charge in [-0.2, -0.15) is 0 Å². The van der Waals surface area contributed by atoms with Crippen molar-refractivity contribution in [3.8, 4) is 0 Å². The molecule has 1 aliphatic heterocycles. The maximum Gasteiger partial charge on any atom is 0.162 e. The number of aromatic nitrogens is 1. The van der Waals surface area contributed by atoms with Gasteiger partial charge in [-0.25, -0.2) is 0 Å². The lowest BCUT2D eigenvalue weighted by molar-refractivity contribution is 0.0371. The van der Waals surface area contributed by atoms with Gasteiger partial charge in [0, 0.05) is 48.8 Å². The zero-order valence-corrected chi connectivity index (χ0v) is 19.0. The minimum Gasteiger partial charge on any atom is -0.379 e. The molecule has 0 spiro atoms. The van der Waals surface area contributed by atoms with Crippen LogP contribution in [0.25, 0.3) is 12.2 Å². The van der Waals surface area contributed by atoms with Crippen molar-refractivity contribution in [2.45, 2.75) is 19.3 Å². The molecule has 1 fully saturated rings. The number of anilines is 2. The van der Waals surface area contributed by atoms with E-state index in [9.17, 15) is 4.79 Å². The standard InChI is InChI=1S/C28H31N3O2/c32-28(9-1-2-16-31-17-19-33-20-18-31)25-6-4-8-27(22-25)30-26-7-3-5-24(21-26)11-10-23-12-14-29-15-13-23/h3-8,10-15,21-22,30H,1-2,9,16-20H2/b11-10+. The number of carbonyl (C=O) groups excluding carboxylic acids is 1. The van der Waals surface area contributed by atoms with Crippen molar-refractivity contribution >= 4 is 29.3 Å². The van der Waals surface area contributed by atoms with Gasteiger partial charge in [0.05, 0.1) is 13.2 Å². The zero-order valence-electron chi connectivity index (χ0n) is 19.0. The number of Topliss-reactive ketones (excluding diaryl/α,β-unsaturated/α-hetero) is 1. The summed E-state index contributed by atoms with van der Waals surface area (Å²) in [6, 6.07) is 20.0. The van der Waals surface area contributed by atoms with Crippen LogP contribution in [0.5, 0.6) is 0 Å². The molecule has 0 unspecified atom stereocenters. The molecule has 33 heavy (non-hydrogen) atoms. The highest BCUT2D eigenvalue weighted by molar-refractivity contribution is 5.97. The molecule has 0 atom stereocenters. The number of morpholine rings is 1. The SMILES string of the molecule is O=C(CCCCN1CCOCC1)c1cccc(Nc2cccc(/C=C/c3ccncc3)c2)c1. The summed E-state index contributed by atoms with van der Waals surface area (Å²) in [7, 11) is 0. The molecular weight excluding hydrogens is 410 g/mol. The summed E-state index contributed by atoms with van der Waals surface area (Å²) in [5.41, 5.74) is 4.88. The van der Waals surface area contributed by atoms with Gasteiger partial charge in [0.2, 0.25) is 0 Å². The molecular formula is C28H31N3O2. The zero-order chi connectivity index (χ0) is 22.7. The molecule has 2 heterocycles. The van der Waals surface area contributed by atoms with Gasteiger partial charge in [0.1, 0.15) is 0 Å². The van der Waals surface area contributed by atoms with Gasteiger partial charge >= 0.3 is 0 Å². The summed E-state index contributed by atoms with van der Waals surface area (Å²) in [6.07, 6.45) is 10.3. The molecule has 2 aromatic carbocycles. The lowest BCUT2D eigenvalue weighted by atomic mass is 10.0. The van der Waals surface area contributed by atoms with Crippen molar-refractivity contribution in [2.75, 3.05) is 38.2 Å². The minimum absolute atomic E-state index is 0.203. The van der Waals surface area contributed by atoms with E-state index in [1.165, 1.54) is 0 Å². The molecule has 5 nitrogen and oxygen atoms in total. The van der Waals surface area contributed by atoms with E-state index < -0.39 is 0 Å². The van der Waals surface area contributed by atoms with Crippen LogP contribution in [-0.2, 0) is 4.74 Å². The second kappa shape index (κ2) is 12.1. The quantitative estimate of drug-likeness (QED) is 0.324. The molecule has 5 heteroatoms. The number of rotatable bonds is 10. The topological polar surface area (TPSA) is 54.5 Å². The summed E-state index contributed by atoms with van der Waals surface area (Å²) >= 11 is 0. The third-order valence-electron chi connectivity index (χ3n) is 5.77. The molecule has 1 aromatic heterocycles. The highest BCUT2D eigenvalue weighted by Crippen LogP contribution is 2.21. The lowest BCUT2D eigenvalue weighted by Gasteiger charge is -2.26. The highest BCUT2D eigenvalue weighted by atomic mass is 16.5. The van der Waals surface area contributed by atoms with Crippen molar-refractivity contribution in [1.29, 1.82) is 0 Å². The number of carbonyl (C=O) groups is 1. The first kappa shape index (κ1) is 22.9. The second-order valence-electron chi connectivity index (χ2n) is 8.28. The summed E-state index contributed by atoms with van der Waals surface area (Å²) in [5.74, 6) is 0.203. The van der Waals surface area contributed by atoms with E-state index in [-0.39, 0.29) is 5.78 Å². The first-order valence-electron chi connectivity index (χ1n) is 11.6. The predicted molar refractivity (Wildman–Crippen MR) is 135 cm³/mol. The largest absolute Gasteiger partial charge is 0.379 e. The Balaban J connectivity index is 1.30. The fourth-order valence-corrected chi connectivity index (χ4v) is 3.91. The van der Waals surface area contributed by atoms with Crippen LogP contribution < -0.4 is 5.32 Å². The third kappa shape index (κ3) is 7.38. The Hall–Kier alpha value is -3.28. The Morgan fingerprint density at radius 2 is 1.64 bits per heavy atom. The summed E-state index contributed by atoms with van der Waals surface area (Å²) in [5, 5.41) is 3.43. The van der Waals surface area contributed by atoms with Gasteiger partial charge in [-0.3, -0.25) is 14.7 Å². The lowest BCUT2D eigenvalue weighted by Crippen LogP contribution is -2.36. The fraction of sp³-hybridized carbons (Fsp3) is 0.286. The Morgan fingerprint density at radius 3 is 2.45 bits per heavy atom. The predicted octanol–water partition coefficient (Wildman–Crippen LogP) is 5.68. The van der Waals surface area contributed by atoms with Crippen LogP contribution in [0.1, 0.15) is 40.7 Å². The molecule has 170 valence electrons. The van der Waals surface area contributed by atoms with Crippen LogP contribution in [0.3, 0.4) is 0 Å². The van der Waals surface area contributed by atoms with Crippen molar-refractivity contribution in [2.24, 2.45) is 0 Å². The number of ether oxygens (including phenoxy) is 1. The van der Waals surface area contributed by atoms with Crippen LogP contribution >= 0.6 is 0 Å². The maximum atomic E-state index is 12.7. The molecule has 0 saturated carbocycles. The first-order valence-corrected chi connectivity index (χ1v) is 11.6. The average Bonchev–Trinajstić information content (AvgIpc) is 2.87. The van der Waals surface area contributed by atoms with E-state index in [0.29, 0.717) is 6.42 Å². The summed E-state index contributed by atoms with van der Waals surface area (Å²) in [6.45, 7) is 4.69. The third-order valence-corrected chi connectivity index (χ3v) is 5.77. The van der Waals surface area contributed by atoms with Crippen LogP contribution in [0.4, 0.5) is 11.4 Å². The Morgan fingerprint density at radius 1 is 0.909 bits per heavy atom. The number of nitrogens with zero attached hydrogens (tertiary/aromatic N) is 2. The first-order chi connectivity index (χ1) is 16.3. The molecule has 0 amide bonds. The van der Waals surface area contributed by atoms with Crippen LogP contribution in [0.15, 0.2) is 73.1 Å². The van der Waals surface area contributed by atoms with E-state index in [0.717, 1.165) is 73.8 Å². The maximum absolute atomic E-state index is 12.7. The van der Waals surface area contributed by atoms with Crippen LogP contribution in [0.2, 0.25) is 0 Å². The molecule has 1 N–H and O–H groups in total. The molecule has 4 rings (SSSR count). The average molecular weight is 442 g/mol. The van der Waals surface area contributed by atoms with E-state index in [2.05, 4.69) is 39.5 Å². The molecule has 1 saturated heterocycles. The highest BCUT2D eigenvalue weighted by Gasteiger charge is 2.11. The van der Waals surface area contributed by atoms with E-state index in [4.69, 9.17) is 4.74 Å². The number of pyridine rings is 1. The number of unbranched alkanes of at least 4 members (excludes halogenated alkanes) is 1. The Bertz CT molecular complexity index is 1060. The number of nitrogens with one attached hydrogen (secondary N) is 1. The smallest absolute Gasteiger partial charge is 0.162 e. The number of ketones is 1. The number of hydrogen-bond acceptors (Lipinski definition) is 5. The fourth-order valence-electron chi connectivity index (χ4n) is 3.91. The summed E-state index contributed by atoms with van der Waals surface area (Å²) in [4.78, 5) is 19.2. The molecule has 0 radical (unpaired) electrons. The Labute approximate surface area is 196 Å². The summed E-state index contributed by atoms with van der Waals surface area (Å²) < 4.78 is 5.39. The van der Waals surface area contributed by atoms with Gasteiger partial charge in [0.25, 0.3) is 0 Å². The van der Waals surface area contributed by atoms with Gasteiger partial charge in [-0.1, -0.05) is 36.4 Å². The van der Waals surface area contributed by atoms with Gasteiger partial charge in [0.15, 0.2) is 5.78 Å². The van der Waals surface area contributed by atoms with E-state index in [1.807, 2.05) is 48.5 Å². The van der Waals surface area contributed by atoms with Gasteiger partial charge in [-0.15, -0.1) is 0 Å². The molecule has 0 bridgehead atoms. The van der Waals surface area contributed by atoms with Gasteiger partial charge in [-0.05, 0) is 66.9 Å². The minimum atomic E-state index is 0.203. The van der Waals surface area contributed by atoms with Crippen molar-refractivity contribution in [3.63, 3.8) is 0 Å². The molecule has 1 aliphatic rings. The monoisotopic (exact) mass is 441 g/mol. The van der Waals surface area contributed by atoms with Crippen LogP contribution in [-0.4, -0.2) is 48.5 Å².